The van der Waals surface area contributed by atoms with Crippen LogP contribution in [0.15, 0.2) is 48.5 Å². The molecule has 1 N–H and O–H groups in total. The highest BCUT2D eigenvalue weighted by molar-refractivity contribution is 7.92. The van der Waals surface area contributed by atoms with Crippen LogP contribution in [0, 0.1) is 5.82 Å². The number of halogens is 1. The minimum atomic E-state index is -3.90. The Morgan fingerprint density at radius 2 is 1.82 bits per heavy atom. The minimum Gasteiger partial charge on any atom is -0.497 e. The van der Waals surface area contributed by atoms with Crippen molar-refractivity contribution in [2.75, 3.05) is 30.8 Å². The third-order valence-corrected chi connectivity index (χ3v) is 6.14. The van der Waals surface area contributed by atoms with Gasteiger partial charge in [0.15, 0.2) is 0 Å². The first-order chi connectivity index (χ1) is 15.6. The van der Waals surface area contributed by atoms with Gasteiger partial charge in [0.2, 0.25) is 21.8 Å². The summed E-state index contributed by atoms with van der Waals surface area (Å²) in [7, 11) is -2.36. The van der Waals surface area contributed by atoms with E-state index in [1.54, 1.807) is 31.2 Å². The number of carbonyl (C=O) groups is 2. The number of nitrogens with one attached hydrogen (secondary N) is 1. The molecule has 0 heterocycles. The van der Waals surface area contributed by atoms with E-state index in [4.69, 9.17) is 4.74 Å². The van der Waals surface area contributed by atoms with Crippen molar-refractivity contribution in [1.82, 2.24) is 10.2 Å². The first kappa shape index (κ1) is 26.1. The zero-order chi connectivity index (χ0) is 24.6. The van der Waals surface area contributed by atoms with E-state index in [1.807, 2.05) is 6.92 Å². The van der Waals surface area contributed by atoms with Gasteiger partial charge in [-0.25, -0.2) is 12.8 Å². The van der Waals surface area contributed by atoms with E-state index >= 15 is 0 Å². The van der Waals surface area contributed by atoms with Crippen LogP contribution in [0.2, 0.25) is 0 Å². The number of nitrogens with zero attached hydrogens (tertiary/aromatic N) is 2. The van der Waals surface area contributed by atoms with E-state index in [9.17, 15) is 22.4 Å². The van der Waals surface area contributed by atoms with Crippen LogP contribution in [0.4, 0.5) is 10.1 Å². The van der Waals surface area contributed by atoms with Crippen LogP contribution < -0.4 is 14.4 Å². The summed E-state index contributed by atoms with van der Waals surface area (Å²) < 4.78 is 44.5. The van der Waals surface area contributed by atoms with Crippen LogP contribution in [-0.4, -0.2) is 57.6 Å². The van der Waals surface area contributed by atoms with Crippen LogP contribution in [-0.2, 0) is 26.2 Å². The number of methoxy groups -OCH3 is 1. The molecule has 2 aromatic rings. The predicted octanol–water partition coefficient (Wildman–Crippen LogP) is 2.54. The van der Waals surface area contributed by atoms with Gasteiger partial charge in [-0.05, 0) is 49.2 Å². The number of ether oxygens (including phenoxy) is 1. The number of amides is 2. The maximum atomic E-state index is 13.7. The summed E-state index contributed by atoms with van der Waals surface area (Å²) in [6.07, 6.45) is 1.67. The molecule has 180 valence electrons. The molecule has 0 radical (unpaired) electrons. The molecule has 0 saturated heterocycles. The molecule has 2 aromatic carbocycles. The van der Waals surface area contributed by atoms with Crippen molar-refractivity contribution in [1.29, 1.82) is 0 Å². The van der Waals surface area contributed by atoms with Gasteiger partial charge in [-0.2, -0.15) is 0 Å². The van der Waals surface area contributed by atoms with Crippen LogP contribution >= 0.6 is 0 Å². The molecular formula is C23H30FN3O5S. The van der Waals surface area contributed by atoms with Crippen molar-refractivity contribution in [2.45, 2.75) is 32.9 Å². The zero-order valence-corrected chi connectivity index (χ0v) is 20.1. The summed E-state index contributed by atoms with van der Waals surface area (Å²) in [5.74, 6) is -0.939. The molecule has 2 amide bonds. The standard InChI is InChI=1S/C23H30FN3O5S/c1-5-13-25-23(29)17(2)26(15-18-9-11-21(32-3)12-10-18)22(28)16-27(33(4,30)31)20-8-6-7-19(24)14-20/h6-12,14,17H,5,13,15-16H2,1-4H3,(H,25,29)/t17-/m0/s1. The fraction of sp³-hybridized carbons (Fsp3) is 0.391. The average Bonchev–Trinajstić information content (AvgIpc) is 2.78. The summed E-state index contributed by atoms with van der Waals surface area (Å²) in [5.41, 5.74) is 0.759. The van der Waals surface area contributed by atoms with Gasteiger partial charge in [0.25, 0.3) is 0 Å². The van der Waals surface area contributed by atoms with Crippen LogP contribution in [0.5, 0.6) is 5.75 Å². The van der Waals surface area contributed by atoms with Crippen LogP contribution in [0.3, 0.4) is 0 Å². The van der Waals surface area contributed by atoms with E-state index in [0.717, 1.165) is 28.6 Å². The minimum absolute atomic E-state index is 0.0262. The topological polar surface area (TPSA) is 96.0 Å². The number of anilines is 1. The summed E-state index contributed by atoms with van der Waals surface area (Å²) in [6.45, 7) is 3.44. The normalized spacial score (nSPS) is 12.0. The molecule has 0 aliphatic rings. The monoisotopic (exact) mass is 479 g/mol. The molecule has 0 aromatic heterocycles. The molecule has 0 aliphatic carbocycles. The lowest BCUT2D eigenvalue weighted by atomic mass is 10.1. The maximum Gasteiger partial charge on any atom is 0.244 e. The second-order valence-electron chi connectivity index (χ2n) is 7.59. The van der Waals surface area contributed by atoms with Crippen molar-refractivity contribution in [3.8, 4) is 5.75 Å². The molecule has 1 atom stereocenters. The highest BCUT2D eigenvalue weighted by Crippen LogP contribution is 2.20. The zero-order valence-electron chi connectivity index (χ0n) is 19.2. The van der Waals surface area contributed by atoms with Gasteiger partial charge >= 0.3 is 0 Å². The van der Waals surface area contributed by atoms with Gasteiger partial charge < -0.3 is 15.0 Å². The van der Waals surface area contributed by atoms with E-state index in [-0.39, 0.29) is 18.1 Å². The smallest absolute Gasteiger partial charge is 0.244 e. The Kier molecular flexibility index (Phi) is 9.22. The molecule has 0 spiro atoms. The van der Waals surface area contributed by atoms with Crippen molar-refractivity contribution in [2.24, 2.45) is 0 Å². The first-order valence-corrected chi connectivity index (χ1v) is 12.3. The number of hydrogen-bond donors (Lipinski definition) is 1. The Morgan fingerprint density at radius 3 is 2.36 bits per heavy atom. The van der Waals surface area contributed by atoms with Crippen molar-refractivity contribution < 1.29 is 27.1 Å². The van der Waals surface area contributed by atoms with Gasteiger partial charge in [0.05, 0.1) is 19.1 Å². The highest BCUT2D eigenvalue weighted by Gasteiger charge is 2.30. The quantitative estimate of drug-likeness (QED) is 0.534. The molecule has 33 heavy (non-hydrogen) atoms. The molecule has 0 bridgehead atoms. The molecule has 2 rings (SSSR count). The second kappa shape index (κ2) is 11.6. The van der Waals surface area contributed by atoms with E-state index in [1.165, 1.54) is 30.2 Å². The van der Waals surface area contributed by atoms with Gasteiger partial charge in [0.1, 0.15) is 24.2 Å². The lowest BCUT2D eigenvalue weighted by Gasteiger charge is -2.31. The second-order valence-corrected chi connectivity index (χ2v) is 9.49. The Hall–Kier alpha value is -3.14. The third-order valence-electron chi connectivity index (χ3n) is 5.00. The molecule has 0 saturated carbocycles. The Labute approximate surface area is 194 Å². The molecule has 8 nitrogen and oxygen atoms in total. The van der Waals surface area contributed by atoms with Crippen molar-refractivity contribution >= 4 is 27.5 Å². The molecule has 0 fully saturated rings. The van der Waals surface area contributed by atoms with E-state index in [2.05, 4.69) is 5.32 Å². The van der Waals surface area contributed by atoms with Gasteiger partial charge in [-0.1, -0.05) is 25.1 Å². The van der Waals surface area contributed by atoms with E-state index < -0.39 is 34.3 Å². The van der Waals surface area contributed by atoms with Crippen LogP contribution in [0.25, 0.3) is 0 Å². The molecule has 0 unspecified atom stereocenters. The number of sulfonamides is 1. The molecule has 0 aliphatic heterocycles. The number of benzene rings is 2. The SMILES string of the molecule is CCCNC(=O)[C@H](C)N(Cc1ccc(OC)cc1)C(=O)CN(c1cccc(F)c1)S(C)(=O)=O. The Bertz CT molecular complexity index is 1060. The highest BCUT2D eigenvalue weighted by atomic mass is 32.2. The lowest BCUT2D eigenvalue weighted by Crippen LogP contribution is -2.51. The third kappa shape index (κ3) is 7.45. The van der Waals surface area contributed by atoms with Crippen LogP contribution in [0.1, 0.15) is 25.8 Å². The number of hydrogen-bond acceptors (Lipinski definition) is 5. The number of carbonyl (C=O) groups excluding carboxylic acids is 2. The van der Waals surface area contributed by atoms with Gasteiger partial charge in [-0.15, -0.1) is 0 Å². The fourth-order valence-electron chi connectivity index (χ4n) is 3.15. The first-order valence-electron chi connectivity index (χ1n) is 10.5. The summed E-state index contributed by atoms with van der Waals surface area (Å²) in [6, 6.07) is 11.1. The average molecular weight is 480 g/mol. The largest absolute Gasteiger partial charge is 0.497 e. The predicted molar refractivity (Wildman–Crippen MR) is 125 cm³/mol. The molecular weight excluding hydrogens is 449 g/mol. The lowest BCUT2D eigenvalue weighted by molar-refractivity contribution is -0.139. The summed E-state index contributed by atoms with van der Waals surface area (Å²) in [4.78, 5) is 27.3. The maximum absolute atomic E-state index is 13.7. The summed E-state index contributed by atoms with van der Waals surface area (Å²) in [5, 5.41) is 2.76. The van der Waals surface area contributed by atoms with E-state index in [0.29, 0.717) is 12.3 Å². The summed E-state index contributed by atoms with van der Waals surface area (Å²) >= 11 is 0. The van der Waals surface area contributed by atoms with Gasteiger partial charge in [-0.3, -0.25) is 13.9 Å². The van der Waals surface area contributed by atoms with Crippen molar-refractivity contribution in [3.05, 3.63) is 59.9 Å². The number of rotatable bonds is 11. The Balaban J connectivity index is 2.36. The molecule has 10 heteroatoms. The fourth-order valence-corrected chi connectivity index (χ4v) is 3.99. The van der Waals surface area contributed by atoms with Gasteiger partial charge in [0, 0.05) is 13.1 Å². The Morgan fingerprint density at radius 1 is 1.15 bits per heavy atom. The van der Waals surface area contributed by atoms with Crippen molar-refractivity contribution in [3.63, 3.8) is 0 Å².